The normalized spacial score (nSPS) is 16.3. The molecule has 1 amide bonds. The molecule has 0 aliphatic carbocycles. The molecule has 5 nitrogen and oxygen atoms in total. The van der Waals surface area contributed by atoms with E-state index < -0.39 is 5.97 Å². The fraction of sp³-hybridized carbons (Fsp3) is 0.333. The van der Waals surface area contributed by atoms with Gasteiger partial charge in [-0.15, -0.1) is 11.8 Å². The first-order valence-corrected chi connectivity index (χ1v) is 9.84. The number of anilines is 2. The molecule has 0 saturated heterocycles. The zero-order chi connectivity index (χ0) is 19.4. The lowest BCUT2D eigenvalue weighted by Crippen LogP contribution is -2.35. The first kappa shape index (κ1) is 19.3. The molecule has 0 bridgehead atoms. The highest BCUT2D eigenvalue weighted by Crippen LogP contribution is 2.37. The van der Waals surface area contributed by atoms with E-state index in [-0.39, 0.29) is 12.5 Å². The SMILES string of the molecule is C[C@@H]1CCN(C(=O)COC(=O)c2ccc(N(C)C)cc2)c2ccccc2S1. The fourth-order valence-corrected chi connectivity index (χ4v) is 4.04. The summed E-state index contributed by atoms with van der Waals surface area (Å²) in [5.74, 6) is -0.685. The van der Waals surface area contributed by atoms with E-state index in [1.54, 1.807) is 28.8 Å². The van der Waals surface area contributed by atoms with Crippen molar-refractivity contribution in [2.75, 3.05) is 37.0 Å². The first-order chi connectivity index (χ1) is 13.0. The average molecular weight is 385 g/mol. The smallest absolute Gasteiger partial charge is 0.338 e. The molecule has 0 fully saturated rings. The fourth-order valence-electron chi connectivity index (χ4n) is 2.93. The van der Waals surface area contributed by atoms with Crippen LogP contribution < -0.4 is 9.80 Å². The summed E-state index contributed by atoms with van der Waals surface area (Å²) in [6.07, 6.45) is 0.894. The molecule has 142 valence electrons. The molecule has 2 aromatic carbocycles. The van der Waals surface area contributed by atoms with Crippen molar-refractivity contribution in [3.63, 3.8) is 0 Å². The van der Waals surface area contributed by atoms with Gasteiger partial charge in [0.25, 0.3) is 5.91 Å². The maximum absolute atomic E-state index is 12.7. The van der Waals surface area contributed by atoms with E-state index in [1.165, 1.54) is 0 Å². The van der Waals surface area contributed by atoms with Crippen LogP contribution in [-0.4, -0.2) is 44.4 Å². The van der Waals surface area contributed by atoms with Gasteiger partial charge in [0.05, 0.1) is 11.3 Å². The molecule has 0 aromatic heterocycles. The van der Waals surface area contributed by atoms with Gasteiger partial charge in [0.15, 0.2) is 6.61 Å². The summed E-state index contributed by atoms with van der Waals surface area (Å²) in [5.41, 5.74) is 2.33. The topological polar surface area (TPSA) is 49.9 Å². The van der Waals surface area contributed by atoms with Gasteiger partial charge >= 0.3 is 5.97 Å². The van der Waals surface area contributed by atoms with E-state index in [4.69, 9.17) is 4.74 Å². The zero-order valence-corrected chi connectivity index (χ0v) is 16.7. The Labute approximate surface area is 164 Å². The van der Waals surface area contributed by atoms with E-state index in [9.17, 15) is 9.59 Å². The second-order valence-corrected chi connectivity index (χ2v) is 8.23. The van der Waals surface area contributed by atoms with Crippen LogP contribution >= 0.6 is 11.8 Å². The van der Waals surface area contributed by atoms with E-state index in [2.05, 4.69) is 6.92 Å². The molecule has 0 radical (unpaired) electrons. The average Bonchev–Trinajstić information content (AvgIpc) is 2.84. The number of hydrogen-bond acceptors (Lipinski definition) is 5. The van der Waals surface area contributed by atoms with Crippen LogP contribution in [0.4, 0.5) is 11.4 Å². The van der Waals surface area contributed by atoms with Crippen molar-refractivity contribution in [3.8, 4) is 0 Å². The standard InChI is InChI=1S/C21H24N2O3S/c1-15-12-13-23(18-6-4-5-7-19(18)27-15)20(24)14-26-21(25)16-8-10-17(11-9-16)22(2)3/h4-11,15H,12-14H2,1-3H3/t15-/m1/s1. The predicted octanol–water partition coefficient (Wildman–Crippen LogP) is 3.83. The van der Waals surface area contributed by atoms with Crippen molar-refractivity contribution in [1.29, 1.82) is 0 Å². The van der Waals surface area contributed by atoms with Crippen LogP contribution in [0.5, 0.6) is 0 Å². The van der Waals surface area contributed by atoms with Gasteiger partial charge < -0.3 is 14.5 Å². The molecule has 1 aliphatic rings. The Morgan fingerprint density at radius 2 is 1.85 bits per heavy atom. The highest BCUT2D eigenvalue weighted by molar-refractivity contribution is 8.00. The lowest BCUT2D eigenvalue weighted by Gasteiger charge is -2.22. The number of thioether (sulfide) groups is 1. The number of hydrogen-bond donors (Lipinski definition) is 0. The van der Waals surface area contributed by atoms with Crippen LogP contribution in [0.15, 0.2) is 53.4 Å². The van der Waals surface area contributed by atoms with Crippen molar-refractivity contribution in [2.24, 2.45) is 0 Å². The number of rotatable bonds is 4. The van der Waals surface area contributed by atoms with Gasteiger partial charge in [-0.05, 0) is 42.8 Å². The third-order valence-corrected chi connectivity index (χ3v) is 5.73. The summed E-state index contributed by atoms with van der Waals surface area (Å²) in [4.78, 5) is 29.8. The van der Waals surface area contributed by atoms with Gasteiger partial charge in [0.1, 0.15) is 0 Å². The lowest BCUT2D eigenvalue weighted by molar-refractivity contribution is -0.121. The summed E-state index contributed by atoms with van der Waals surface area (Å²) in [6, 6.07) is 15.0. The Bertz CT molecular complexity index is 820. The van der Waals surface area contributed by atoms with Crippen molar-refractivity contribution < 1.29 is 14.3 Å². The largest absolute Gasteiger partial charge is 0.452 e. The number of carbonyl (C=O) groups excluding carboxylic acids is 2. The maximum Gasteiger partial charge on any atom is 0.338 e. The minimum Gasteiger partial charge on any atom is -0.452 e. The van der Waals surface area contributed by atoms with E-state index in [1.807, 2.05) is 55.4 Å². The number of carbonyl (C=O) groups is 2. The second kappa shape index (κ2) is 8.48. The first-order valence-electron chi connectivity index (χ1n) is 8.96. The molecule has 0 N–H and O–H groups in total. The second-order valence-electron chi connectivity index (χ2n) is 6.75. The molecular weight excluding hydrogens is 360 g/mol. The van der Waals surface area contributed by atoms with Crippen LogP contribution in [0, 0.1) is 0 Å². The third kappa shape index (κ3) is 4.63. The summed E-state index contributed by atoms with van der Waals surface area (Å²) in [7, 11) is 3.87. The van der Waals surface area contributed by atoms with Crippen LogP contribution in [-0.2, 0) is 9.53 Å². The van der Waals surface area contributed by atoms with Gasteiger partial charge in [-0.1, -0.05) is 19.1 Å². The molecule has 3 rings (SSSR count). The molecule has 0 spiro atoms. The molecule has 0 unspecified atom stereocenters. The monoisotopic (exact) mass is 384 g/mol. The van der Waals surface area contributed by atoms with Crippen molar-refractivity contribution >= 4 is 35.0 Å². The summed E-state index contributed by atoms with van der Waals surface area (Å²) in [5, 5.41) is 0.432. The Hall–Kier alpha value is -2.47. The Morgan fingerprint density at radius 1 is 1.15 bits per heavy atom. The van der Waals surface area contributed by atoms with Crippen molar-refractivity contribution in [1.82, 2.24) is 0 Å². The van der Waals surface area contributed by atoms with Crippen molar-refractivity contribution in [3.05, 3.63) is 54.1 Å². The number of nitrogens with zero attached hydrogens (tertiary/aromatic N) is 2. The van der Waals surface area contributed by atoms with Gasteiger partial charge in [0.2, 0.25) is 0 Å². The van der Waals surface area contributed by atoms with Gasteiger partial charge in [-0.2, -0.15) is 0 Å². The molecule has 0 saturated carbocycles. The van der Waals surface area contributed by atoms with E-state index in [0.29, 0.717) is 17.4 Å². The van der Waals surface area contributed by atoms with Gasteiger partial charge in [-0.25, -0.2) is 4.79 Å². The maximum atomic E-state index is 12.7. The number of benzene rings is 2. The summed E-state index contributed by atoms with van der Waals surface area (Å²) < 4.78 is 5.28. The molecule has 1 aliphatic heterocycles. The van der Waals surface area contributed by atoms with Crippen LogP contribution in [0.1, 0.15) is 23.7 Å². The van der Waals surface area contributed by atoms with E-state index in [0.717, 1.165) is 22.7 Å². The highest BCUT2D eigenvalue weighted by atomic mass is 32.2. The highest BCUT2D eigenvalue weighted by Gasteiger charge is 2.25. The molecular formula is C21H24N2O3S. The Balaban J connectivity index is 1.66. The van der Waals surface area contributed by atoms with Crippen molar-refractivity contribution in [2.45, 2.75) is 23.5 Å². The number of amides is 1. The lowest BCUT2D eigenvalue weighted by atomic mass is 10.2. The number of esters is 1. The third-order valence-electron chi connectivity index (χ3n) is 4.49. The predicted molar refractivity (Wildman–Crippen MR) is 110 cm³/mol. The Kier molecular flexibility index (Phi) is 6.06. The minimum atomic E-state index is -0.487. The van der Waals surface area contributed by atoms with Crippen LogP contribution in [0.25, 0.3) is 0 Å². The zero-order valence-electron chi connectivity index (χ0n) is 15.8. The molecule has 2 aromatic rings. The van der Waals surface area contributed by atoms with Gasteiger partial charge in [-0.3, -0.25) is 4.79 Å². The number of fused-ring (bicyclic) bond motifs is 1. The molecule has 1 atom stereocenters. The van der Waals surface area contributed by atoms with Gasteiger partial charge in [0, 0.05) is 36.5 Å². The molecule has 27 heavy (non-hydrogen) atoms. The summed E-state index contributed by atoms with van der Waals surface area (Å²) >= 11 is 1.77. The number of para-hydroxylation sites is 1. The van der Waals surface area contributed by atoms with Crippen LogP contribution in [0.3, 0.4) is 0 Å². The van der Waals surface area contributed by atoms with Crippen LogP contribution in [0.2, 0.25) is 0 Å². The molecule has 6 heteroatoms. The number of ether oxygens (including phenoxy) is 1. The summed E-state index contributed by atoms with van der Waals surface area (Å²) in [6.45, 7) is 2.52. The van der Waals surface area contributed by atoms with E-state index >= 15 is 0 Å². The quantitative estimate of drug-likeness (QED) is 0.750. The molecule has 1 heterocycles. The minimum absolute atomic E-state index is 0.199. The Morgan fingerprint density at radius 3 is 2.56 bits per heavy atom.